The molecule has 0 saturated carbocycles. The highest BCUT2D eigenvalue weighted by molar-refractivity contribution is 5.85. The van der Waals surface area contributed by atoms with Crippen molar-refractivity contribution in [3.8, 4) is 0 Å². The van der Waals surface area contributed by atoms with Gasteiger partial charge in [-0.25, -0.2) is 4.79 Å². The Morgan fingerprint density at radius 2 is 2.00 bits per heavy atom. The van der Waals surface area contributed by atoms with Crippen LogP contribution in [0.5, 0.6) is 0 Å². The fourth-order valence-electron chi connectivity index (χ4n) is 1.27. The van der Waals surface area contributed by atoms with E-state index in [2.05, 4.69) is 10.1 Å². The van der Waals surface area contributed by atoms with Crippen molar-refractivity contribution in [1.29, 1.82) is 0 Å². The predicted molar refractivity (Wildman–Crippen MR) is 56.8 cm³/mol. The van der Waals surface area contributed by atoms with Gasteiger partial charge in [-0.15, -0.1) is 0 Å². The first kappa shape index (κ1) is 12.2. The molecule has 1 rings (SSSR count). The van der Waals surface area contributed by atoms with Gasteiger partial charge in [0.2, 0.25) is 5.91 Å². The predicted octanol–water partition coefficient (Wildman–Crippen LogP) is 0.575. The van der Waals surface area contributed by atoms with Crippen LogP contribution in [0.1, 0.15) is 11.6 Å². The maximum Gasteiger partial charge on any atom is 0.330 e. The molecular formula is C11H13NO4. The summed E-state index contributed by atoms with van der Waals surface area (Å²) in [5, 5.41) is 11.4. The molecule has 0 saturated heterocycles. The van der Waals surface area contributed by atoms with Gasteiger partial charge >= 0.3 is 5.97 Å². The number of nitrogens with one attached hydrogen (secondary N) is 1. The minimum Gasteiger partial charge on any atom is -0.479 e. The number of aliphatic carboxylic acids is 1. The van der Waals surface area contributed by atoms with Crippen LogP contribution < -0.4 is 5.32 Å². The second kappa shape index (κ2) is 5.87. The Balaban J connectivity index is 2.77. The first-order valence-corrected chi connectivity index (χ1v) is 4.71. The van der Waals surface area contributed by atoms with Crippen LogP contribution in [0.3, 0.4) is 0 Å². The third-order valence-corrected chi connectivity index (χ3v) is 1.96. The standard InChI is InChI=1S/C11H13NO4/c1-16-7-9(13)12-10(11(14)15)8-5-3-2-4-6-8/h2-6,10H,7H2,1H3,(H,12,13)(H,14,15). The molecule has 2 N–H and O–H groups in total. The molecule has 0 bridgehead atoms. The van der Waals surface area contributed by atoms with Gasteiger partial charge in [0.15, 0.2) is 6.04 Å². The van der Waals surface area contributed by atoms with Crippen molar-refractivity contribution in [3.05, 3.63) is 35.9 Å². The quantitative estimate of drug-likeness (QED) is 0.765. The van der Waals surface area contributed by atoms with E-state index in [1.165, 1.54) is 7.11 Å². The Kier molecular flexibility index (Phi) is 4.47. The lowest BCUT2D eigenvalue weighted by Crippen LogP contribution is -2.35. The summed E-state index contributed by atoms with van der Waals surface area (Å²) in [6.45, 7) is -0.156. The summed E-state index contributed by atoms with van der Waals surface area (Å²) in [5.41, 5.74) is 0.527. The highest BCUT2D eigenvalue weighted by Gasteiger charge is 2.21. The van der Waals surface area contributed by atoms with Crippen LogP contribution in [0.2, 0.25) is 0 Å². The van der Waals surface area contributed by atoms with E-state index in [4.69, 9.17) is 5.11 Å². The van der Waals surface area contributed by atoms with Gasteiger partial charge in [0.05, 0.1) is 0 Å². The molecule has 86 valence electrons. The van der Waals surface area contributed by atoms with E-state index in [1.54, 1.807) is 30.3 Å². The summed E-state index contributed by atoms with van der Waals surface area (Å²) in [6.07, 6.45) is 0. The van der Waals surface area contributed by atoms with E-state index in [0.29, 0.717) is 5.56 Å². The molecule has 0 fully saturated rings. The zero-order chi connectivity index (χ0) is 12.0. The molecule has 0 spiro atoms. The van der Waals surface area contributed by atoms with Crippen molar-refractivity contribution in [3.63, 3.8) is 0 Å². The molecule has 1 aromatic carbocycles. The molecule has 5 heteroatoms. The first-order valence-electron chi connectivity index (χ1n) is 4.71. The summed E-state index contributed by atoms with van der Waals surface area (Å²) in [5.74, 6) is -1.56. The monoisotopic (exact) mass is 223 g/mol. The Labute approximate surface area is 93.0 Å². The number of ether oxygens (including phenoxy) is 1. The minimum atomic E-state index is -1.10. The number of benzene rings is 1. The van der Waals surface area contributed by atoms with Gasteiger partial charge in [0, 0.05) is 7.11 Å². The highest BCUT2D eigenvalue weighted by Crippen LogP contribution is 2.12. The molecule has 0 heterocycles. The van der Waals surface area contributed by atoms with Crippen molar-refractivity contribution >= 4 is 11.9 Å². The van der Waals surface area contributed by atoms with Gasteiger partial charge in [-0.3, -0.25) is 4.79 Å². The van der Waals surface area contributed by atoms with Gasteiger partial charge in [0.25, 0.3) is 0 Å². The molecule has 0 aliphatic carbocycles. The van der Waals surface area contributed by atoms with Crippen LogP contribution in [0.15, 0.2) is 30.3 Å². The molecule has 16 heavy (non-hydrogen) atoms. The lowest BCUT2D eigenvalue weighted by atomic mass is 10.1. The van der Waals surface area contributed by atoms with Gasteiger partial charge in [-0.1, -0.05) is 30.3 Å². The summed E-state index contributed by atoms with van der Waals surface area (Å²) in [7, 11) is 1.37. The van der Waals surface area contributed by atoms with Crippen LogP contribution in [0.25, 0.3) is 0 Å². The maximum atomic E-state index is 11.2. The highest BCUT2D eigenvalue weighted by atomic mass is 16.5. The zero-order valence-electron chi connectivity index (χ0n) is 8.84. The van der Waals surface area contributed by atoms with E-state index in [1.807, 2.05) is 0 Å². The number of carboxylic acids is 1. The number of hydrogen-bond acceptors (Lipinski definition) is 3. The summed E-state index contributed by atoms with van der Waals surface area (Å²) in [6, 6.07) is 7.46. The minimum absolute atomic E-state index is 0.156. The normalized spacial score (nSPS) is 11.8. The summed E-state index contributed by atoms with van der Waals surface area (Å²) < 4.78 is 4.62. The van der Waals surface area contributed by atoms with E-state index in [-0.39, 0.29) is 6.61 Å². The summed E-state index contributed by atoms with van der Waals surface area (Å²) in [4.78, 5) is 22.2. The molecule has 0 aromatic heterocycles. The van der Waals surface area contributed by atoms with Crippen LogP contribution in [0, 0.1) is 0 Å². The van der Waals surface area contributed by atoms with Gasteiger partial charge in [-0.05, 0) is 5.56 Å². The van der Waals surface area contributed by atoms with Crippen LogP contribution in [-0.2, 0) is 14.3 Å². The van der Waals surface area contributed by atoms with Gasteiger partial charge in [-0.2, -0.15) is 0 Å². The van der Waals surface area contributed by atoms with Crippen LogP contribution in [0.4, 0.5) is 0 Å². The third kappa shape index (κ3) is 3.36. The molecule has 0 aliphatic heterocycles. The number of methoxy groups -OCH3 is 1. The van der Waals surface area contributed by atoms with Gasteiger partial charge in [0.1, 0.15) is 6.61 Å². The Hall–Kier alpha value is -1.88. The SMILES string of the molecule is COCC(=O)NC(C(=O)O)c1ccccc1. The Morgan fingerprint density at radius 3 is 2.50 bits per heavy atom. The van der Waals surface area contributed by atoms with Crippen molar-refractivity contribution in [1.82, 2.24) is 5.32 Å². The molecule has 1 amide bonds. The fraction of sp³-hybridized carbons (Fsp3) is 0.273. The molecule has 1 aromatic rings. The first-order chi connectivity index (χ1) is 7.65. The Morgan fingerprint density at radius 1 is 1.38 bits per heavy atom. The molecule has 1 unspecified atom stereocenters. The van der Waals surface area contributed by atoms with E-state index < -0.39 is 17.9 Å². The average molecular weight is 223 g/mol. The number of hydrogen-bond donors (Lipinski definition) is 2. The fourth-order valence-corrected chi connectivity index (χ4v) is 1.27. The average Bonchev–Trinajstić information content (AvgIpc) is 2.27. The number of carbonyl (C=O) groups is 2. The lowest BCUT2D eigenvalue weighted by Gasteiger charge is -2.14. The molecule has 0 aliphatic rings. The number of carbonyl (C=O) groups excluding carboxylic acids is 1. The number of amides is 1. The van der Waals surface area contributed by atoms with E-state index >= 15 is 0 Å². The third-order valence-electron chi connectivity index (χ3n) is 1.96. The van der Waals surface area contributed by atoms with Gasteiger partial charge < -0.3 is 15.2 Å². The number of carboxylic acid groups (broad SMARTS) is 1. The largest absolute Gasteiger partial charge is 0.479 e. The van der Waals surface area contributed by atoms with Crippen LogP contribution >= 0.6 is 0 Å². The Bertz CT molecular complexity index is 364. The van der Waals surface area contributed by atoms with Crippen molar-refractivity contribution in [2.45, 2.75) is 6.04 Å². The van der Waals surface area contributed by atoms with Crippen molar-refractivity contribution in [2.24, 2.45) is 0 Å². The second-order valence-electron chi connectivity index (χ2n) is 3.18. The molecule has 5 nitrogen and oxygen atoms in total. The molecular weight excluding hydrogens is 210 g/mol. The second-order valence-corrected chi connectivity index (χ2v) is 3.18. The molecule has 1 atom stereocenters. The van der Waals surface area contributed by atoms with E-state index in [0.717, 1.165) is 0 Å². The van der Waals surface area contributed by atoms with Crippen molar-refractivity contribution in [2.75, 3.05) is 13.7 Å². The summed E-state index contributed by atoms with van der Waals surface area (Å²) >= 11 is 0. The maximum absolute atomic E-state index is 11.2. The molecule has 0 radical (unpaired) electrons. The van der Waals surface area contributed by atoms with Crippen LogP contribution in [-0.4, -0.2) is 30.7 Å². The van der Waals surface area contributed by atoms with Crippen molar-refractivity contribution < 1.29 is 19.4 Å². The lowest BCUT2D eigenvalue weighted by molar-refractivity contribution is -0.142. The zero-order valence-corrected chi connectivity index (χ0v) is 8.84. The number of rotatable bonds is 5. The van der Waals surface area contributed by atoms with E-state index in [9.17, 15) is 9.59 Å². The smallest absolute Gasteiger partial charge is 0.330 e. The topological polar surface area (TPSA) is 75.6 Å².